The molecule has 1 aliphatic rings. The van der Waals surface area contributed by atoms with Crippen molar-refractivity contribution in [2.75, 3.05) is 30.9 Å². The molecule has 1 saturated heterocycles. The second-order valence-corrected chi connectivity index (χ2v) is 5.68. The van der Waals surface area contributed by atoms with Crippen LogP contribution >= 0.6 is 11.8 Å². The Morgan fingerprint density at radius 2 is 2.35 bits per heavy atom. The van der Waals surface area contributed by atoms with Crippen LogP contribution in [0.25, 0.3) is 0 Å². The molecule has 0 radical (unpaired) electrons. The van der Waals surface area contributed by atoms with Crippen molar-refractivity contribution in [1.29, 1.82) is 0 Å². The summed E-state index contributed by atoms with van der Waals surface area (Å²) in [5.41, 5.74) is 1.20. The number of carbonyl (C=O) groups is 1. The van der Waals surface area contributed by atoms with E-state index in [4.69, 9.17) is 4.74 Å². The lowest BCUT2D eigenvalue weighted by Gasteiger charge is -2.28. The van der Waals surface area contributed by atoms with Gasteiger partial charge in [0.1, 0.15) is 0 Å². The summed E-state index contributed by atoms with van der Waals surface area (Å²) in [6.07, 6.45) is 4.27. The van der Waals surface area contributed by atoms with Gasteiger partial charge in [0.2, 0.25) is 0 Å². The SMILES string of the molecule is CCN(CC1CCCO1)c1cccc(SC)c1C(=O)O. The number of hydrogen-bond acceptors (Lipinski definition) is 4. The highest BCUT2D eigenvalue weighted by molar-refractivity contribution is 7.98. The van der Waals surface area contributed by atoms with E-state index in [2.05, 4.69) is 4.90 Å². The summed E-state index contributed by atoms with van der Waals surface area (Å²) in [5.74, 6) is -0.865. The molecule has 2 rings (SSSR count). The molecule has 110 valence electrons. The molecule has 0 amide bonds. The maximum atomic E-state index is 11.6. The van der Waals surface area contributed by atoms with Crippen LogP contribution in [0.2, 0.25) is 0 Å². The predicted molar refractivity (Wildman–Crippen MR) is 82.0 cm³/mol. The molecule has 0 spiro atoms. The fourth-order valence-corrected chi connectivity index (χ4v) is 3.21. The Morgan fingerprint density at radius 1 is 1.55 bits per heavy atom. The lowest BCUT2D eigenvalue weighted by Crippen LogP contribution is -2.33. The molecule has 1 N–H and O–H groups in total. The van der Waals surface area contributed by atoms with Crippen LogP contribution in [0.4, 0.5) is 5.69 Å². The van der Waals surface area contributed by atoms with Crippen LogP contribution in [0, 0.1) is 0 Å². The van der Waals surface area contributed by atoms with Gasteiger partial charge in [-0.15, -0.1) is 11.8 Å². The largest absolute Gasteiger partial charge is 0.478 e. The number of nitrogens with zero attached hydrogens (tertiary/aromatic N) is 1. The highest BCUT2D eigenvalue weighted by atomic mass is 32.2. The molecule has 1 atom stereocenters. The van der Waals surface area contributed by atoms with Crippen molar-refractivity contribution in [2.24, 2.45) is 0 Å². The summed E-state index contributed by atoms with van der Waals surface area (Å²) in [6.45, 7) is 4.40. The molecule has 1 heterocycles. The molecule has 0 saturated carbocycles. The van der Waals surface area contributed by atoms with Gasteiger partial charge in [0.05, 0.1) is 17.4 Å². The number of hydrogen-bond donors (Lipinski definition) is 1. The Hall–Kier alpha value is -1.20. The highest BCUT2D eigenvalue weighted by Gasteiger charge is 2.23. The first-order chi connectivity index (χ1) is 9.67. The first-order valence-corrected chi connectivity index (χ1v) is 8.16. The van der Waals surface area contributed by atoms with Gasteiger partial charge in [-0.3, -0.25) is 0 Å². The number of benzene rings is 1. The van der Waals surface area contributed by atoms with E-state index in [9.17, 15) is 9.90 Å². The molecule has 0 aromatic heterocycles. The minimum atomic E-state index is -0.865. The van der Waals surface area contributed by atoms with Crippen LogP contribution in [0.1, 0.15) is 30.1 Å². The van der Waals surface area contributed by atoms with E-state index >= 15 is 0 Å². The molecule has 4 nitrogen and oxygen atoms in total. The standard InChI is InChI=1S/C15H21NO3S/c1-3-16(10-11-6-5-9-19-11)12-7-4-8-13(20-2)14(12)15(17)18/h4,7-8,11H,3,5-6,9-10H2,1-2H3,(H,17,18). The van der Waals surface area contributed by atoms with Crippen LogP contribution in [0.3, 0.4) is 0 Å². The summed E-state index contributed by atoms with van der Waals surface area (Å²) in [6, 6.07) is 5.67. The minimum Gasteiger partial charge on any atom is -0.478 e. The fourth-order valence-electron chi connectivity index (χ4n) is 2.60. The molecule has 20 heavy (non-hydrogen) atoms. The van der Waals surface area contributed by atoms with Gasteiger partial charge in [-0.05, 0) is 38.2 Å². The van der Waals surface area contributed by atoms with Crippen LogP contribution in [-0.4, -0.2) is 43.1 Å². The Bertz CT molecular complexity index is 472. The summed E-state index contributed by atoms with van der Waals surface area (Å²) in [7, 11) is 0. The van der Waals surface area contributed by atoms with E-state index in [1.807, 2.05) is 31.4 Å². The average Bonchev–Trinajstić information content (AvgIpc) is 2.96. The van der Waals surface area contributed by atoms with Gasteiger partial charge in [-0.1, -0.05) is 6.07 Å². The maximum absolute atomic E-state index is 11.6. The first-order valence-electron chi connectivity index (χ1n) is 6.94. The van der Waals surface area contributed by atoms with E-state index in [-0.39, 0.29) is 6.10 Å². The lowest BCUT2D eigenvalue weighted by atomic mass is 10.1. The molecular formula is C15H21NO3S. The number of likely N-dealkylation sites (N-methyl/N-ethyl adjacent to an activating group) is 1. The molecular weight excluding hydrogens is 274 g/mol. The predicted octanol–water partition coefficient (Wildman–Crippen LogP) is 3.11. The van der Waals surface area contributed by atoms with E-state index < -0.39 is 5.97 Å². The molecule has 1 aliphatic heterocycles. The summed E-state index contributed by atoms with van der Waals surface area (Å²) in [5, 5.41) is 9.51. The Kier molecular flexibility index (Phi) is 5.31. The van der Waals surface area contributed by atoms with Crippen LogP contribution in [0.5, 0.6) is 0 Å². The molecule has 1 aromatic carbocycles. The average molecular weight is 295 g/mol. The summed E-state index contributed by atoms with van der Waals surface area (Å²) < 4.78 is 5.67. The van der Waals surface area contributed by atoms with Crippen molar-refractivity contribution in [3.05, 3.63) is 23.8 Å². The molecule has 0 bridgehead atoms. The van der Waals surface area contributed by atoms with Gasteiger partial charge in [0.25, 0.3) is 0 Å². The second kappa shape index (κ2) is 6.99. The van der Waals surface area contributed by atoms with Gasteiger partial charge >= 0.3 is 5.97 Å². The second-order valence-electron chi connectivity index (χ2n) is 4.83. The Balaban J connectivity index is 2.30. The van der Waals surface area contributed by atoms with E-state index in [0.717, 1.165) is 43.1 Å². The molecule has 5 heteroatoms. The van der Waals surface area contributed by atoms with Gasteiger partial charge in [0, 0.05) is 24.6 Å². The van der Waals surface area contributed by atoms with Crippen LogP contribution in [0.15, 0.2) is 23.1 Å². The number of carboxylic acids is 1. The van der Waals surface area contributed by atoms with Crippen molar-refractivity contribution < 1.29 is 14.6 Å². The third-order valence-corrected chi connectivity index (χ3v) is 4.39. The van der Waals surface area contributed by atoms with Crippen molar-refractivity contribution in [2.45, 2.75) is 30.8 Å². The third-order valence-electron chi connectivity index (χ3n) is 3.61. The maximum Gasteiger partial charge on any atom is 0.338 e. The van der Waals surface area contributed by atoms with Gasteiger partial charge in [-0.2, -0.15) is 0 Å². The van der Waals surface area contributed by atoms with E-state index in [0.29, 0.717) is 5.56 Å². The van der Waals surface area contributed by atoms with E-state index in [1.54, 1.807) is 0 Å². The zero-order valence-electron chi connectivity index (χ0n) is 12.0. The monoisotopic (exact) mass is 295 g/mol. The first kappa shape index (κ1) is 15.2. The lowest BCUT2D eigenvalue weighted by molar-refractivity contribution is 0.0693. The Labute approximate surface area is 124 Å². The summed E-state index contributed by atoms with van der Waals surface area (Å²) >= 11 is 1.47. The third kappa shape index (κ3) is 3.27. The van der Waals surface area contributed by atoms with Gasteiger partial charge < -0.3 is 14.7 Å². The topological polar surface area (TPSA) is 49.8 Å². The van der Waals surface area contributed by atoms with Crippen LogP contribution in [-0.2, 0) is 4.74 Å². The number of carboxylic acid groups (broad SMARTS) is 1. The summed E-state index contributed by atoms with van der Waals surface area (Å²) in [4.78, 5) is 14.5. The normalized spacial score (nSPS) is 18.2. The minimum absolute atomic E-state index is 0.217. The Morgan fingerprint density at radius 3 is 2.90 bits per heavy atom. The number of thioether (sulfide) groups is 1. The quantitative estimate of drug-likeness (QED) is 0.817. The van der Waals surface area contributed by atoms with Gasteiger partial charge in [-0.25, -0.2) is 4.79 Å². The smallest absolute Gasteiger partial charge is 0.338 e. The van der Waals surface area contributed by atoms with Crippen molar-refractivity contribution in [3.63, 3.8) is 0 Å². The number of anilines is 1. The number of ether oxygens (including phenoxy) is 1. The fraction of sp³-hybridized carbons (Fsp3) is 0.533. The highest BCUT2D eigenvalue weighted by Crippen LogP contribution is 2.30. The molecule has 1 fully saturated rings. The molecule has 1 unspecified atom stereocenters. The number of aromatic carboxylic acids is 1. The molecule has 0 aliphatic carbocycles. The van der Waals surface area contributed by atoms with Crippen molar-refractivity contribution >= 4 is 23.4 Å². The van der Waals surface area contributed by atoms with Crippen molar-refractivity contribution in [1.82, 2.24) is 0 Å². The van der Waals surface area contributed by atoms with Crippen molar-refractivity contribution in [3.8, 4) is 0 Å². The zero-order chi connectivity index (χ0) is 14.5. The zero-order valence-corrected chi connectivity index (χ0v) is 12.8. The molecule has 1 aromatic rings. The van der Waals surface area contributed by atoms with Crippen LogP contribution < -0.4 is 4.90 Å². The van der Waals surface area contributed by atoms with E-state index in [1.165, 1.54) is 11.8 Å². The number of rotatable bonds is 6. The van der Waals surface area contributed by atoms with Gasteiger partial charge in [0.15, 0.2) is 0 Å².